The molecular formula is C17H17Cl2N3O4S. The number of hydrogen-bond acceptors (Lipinski definition) is 5. The molecule has 0 unspecified atom stereocenters. The largest absolute Gasteiger partial charge is 0.495 e. The number of likely N-dealkylation sites (N-methyl/N-ethyl adjacent to an activating group) is 1. The number of methoxy groups -OCH3 is 1. The number of sulfonamides is 1. The summed E-state index contributed by atoms with van der Waals surface area (Å²) >= 11 is 11.9. The lowest BCUT2D eigenvalue weighted by molar-refractivity contribution is -0.121. The zero-order valence-corrected chi connectivity index (χ0v) is 16.8. The average molecular weight is 430 g/mol. The first-order valence-electron chi connectivity index (χ1n) is 7.62. The summed E-state index contributed by atoms with van der Waals surface area (Å²) in [5.41, 5.74) is 2.88. The lowest BCUT2D eigenvalue weighted by Gasteiger charge is -2.16. The Morgan fingerprint density at radius 1 is 1.22 bits per heavy atom. The Hall–Kier alpha value is -2.13. The van der Waals surface area contributed by atoms with Crippen LogP contribution in [0.5, 0.6) is 5.75 Å². The van der Waals surface area contributed by atoms with Gasteiger partial charge in [-0.2, -0.15) is 9.41 Å². The lowest BCUT2D eigenvalue weighted by atomic mass is 10.2. The Bertz CT molecular complexity index is 964. The van der Waals surface area contributed by atoms with Crippen molar-refractivity contribution >= 4 is 45.3 Å². The maximum atomic E-state index is 12.6. The van der Waals surface area contributed by atoms with Crippen LogP contribution in [-0.2, 0) is 14.8 Å². The quantitative estimate of drug-likeness (QED) is 0.541. The summed E-state index contributed by atoms with van der Waals surface area (Å²) in [6, 6.07) is 11.0. The molecule has 0 bridgehead atoms. The van der Waals surface area contributed by atoms with Gasteiger partial charge in [-0.05, 0) is 24.3 Å². The van der Waals surface area contributed by atoms with E-state index in [1.807, 2.05) is 0 Å². The van der Waals surface area contributed by atoms with E-state index >= 15 is 0 Å². The minimum absolute atomic E-state index is 0.0526. The molecule has 0 fully saturated rings. The highest BCUT2D eigenvalue weighted by molar-refractivity contribution is 7.89. The smallest absolute Gasteiger partial charge is 0.255 e. The molecule has 0 saturated heterocycles. The van der Waals surface area contributed by atoms with E-state index in [0.717, 1.165) is 4.31 Å². The van der Waals surface area contributed by atoms with Gasteiger partial charge >= 0.3 is 0 Å². The van der Waals surface area contributed by atoms with Gasteiger partial charge in [0.25, 0.3) is 5.91 Å². The summed E-state index contributed by atoms with van der Waals surface area (Å²) in [7, 11) is -1.20. The number of hydrogen-bond donors (Lipinski definition) is 1. The highest BCUT2D eigenvalue weighted by atomic mass is 35.5. The second-order valence-electron chi connectivity index (χ2n) is 5.37. The van der Waals surface area contributed by atoms with E-state index in [-0.39, 0.29) is 9.92 Å². The fourth-order valence-corrected chi connectivity index (χ4v) is 3.72. The molecule has 27 heavy (non-hydrogen) atoms. The summed E-state index contributed by atoms with van der Waals surface area (Å²) in [6.45, 7) is -0.425. The molecular weight excluding hydrogens is 413 g/mol. The molecule has 0 aliphatic rings. The van der Waals surface area contributed by atoms with Gasteiger partial charge in [0, 0.05) is 17.6 Å². The second-order valence-corrected chi connectivity index (χ2v) is 8.23. The molecule has 2 aromatic carbocycles. The first-order valence-corrected chi connectivity index (χ1v) is 9.81. The van der Waals surface area contributed by atoms with E-state index < -0.39 is 22.5 Å². The number of benzene rings is 2. The minimum Gasteiger partial charge on any atom is -0.495 e. The van der Waals surface area contributed by atoms with Gasteiger partial charge in [0.2, 0.25) is 10.0 Å². The monoisotopic (exact) mass is 429 g/mol. The number of amides is 1. The molecule has 10 heteroatoms. The first-order chi connectivity index (χ1) is 12.8. The number of ether oxygens (including phenoxy) is 1. The molecule has 0 saturated carbocycles. The van der Waals surface area contributed by atoms with E-state index in [9.17, 15) is 13.2 Å². The Kier molecular flexibility index (Phi) is 7.20. The van der Waals surface area contributed by atoms with Crippen LogP contribution in [0.3, 0.4) is 0 Å². The summed E-state index contributed by atoms with van der Waals surface area (Å²) < 4.78 is 31.0. The van der Waals surface area contributed by atoms with Crippen molar-refractivity contribution in [3.05, 3.63) is 58.1 Å². The van der Waals surface area contributed by atoms with Gasteiger partial charge in [0.15, 0.2) is 0 Å². The lowest BCUT2D eigenvalue weighted by Crippen LogP contribution is -2.36. The topological polar surface area (TPSA) is 88.1 Å². The molecule has 1 amide bonds. The highest BCUT2D eigenvalue weighted by Crippen LogP contribution is 2.28. The number of rotatable bonds is 7. The number of carbonyl (C=O) groups excluding carboxylic acids is 1. The molecule has 2 aromatic rings. The van der Waals surface area contributed by atoms with Gasteiger partial charge < -0.3 is 4.74 Å². The molecule has 0 atom stereocenters. The zero-order chi connectivity index (χ0) is 20.0. The van der Waals surface area contributed by atoms with E-state index in [1.165, 1.54) is 38.6 Å². The summed E-state index contributed by atoms with van der Waals surface area (Å²) in [4.78, 5) is 11.9. The van der Waals surface area contributed by atoms with Gasteiger partial charge in [-0.25, -0.2) is 13.8 Å². The molecule has 0 radical (unpaired) electrons. The Labute approximate surface area is 167 Å². The van der Waals surface area contributed by atoms with Gasteiger partial charge in [-0.3, -0.25) is 4.79 Å². The Morgan fingerprint density at radius 3 is 2.56 bits per heavy atom. The normalized spacial score (nSPS) is 11.7. The molecule has 0 aromatic heterocycles. The molecule has 0 spiro atoms. The van der Waals surface area contributed by atoms with E-state index in [1.54, 1.807) is 24.3 Å². The third kappa shape index (κ3) is 5.43. The Balaban J connectivity index is 2.02. The van der Waals surface area contributed by atoms with Crippen LogP contribution in [0.1, 0.15) is 5.56 Å². The van der Waals surface area contributed by atoms with Crippen LogP contribution in [0.25, 0.3) is 0 Å². The predicted octanol–water partition coefficient (Wildman–Crippen LogP) is 2.77. The number of halogens is 2. The SMILES string of the molecule is COc1ccc(S(=O)(=O)N(C)CC(=O)N/N=C/c2ccccc2Cl)cc1Cl. The van der Waals surface area contributed by atoms with Gasteiger partial charge in [0.05, 0.1) is 29.8 Å². The summed E-state index contributed by atoms with van der Waals surface area (Å²) in [5.74, 6) is -0.256. The van der Waals surface area contributed by atoms with E-state index in [2.05, 4.69) is 10.5 Å². The van der Waals surface area contributed by atoms with Crippen molar-refractivity contribution in [2.75, 3.05) is 20.7 Å². The van der Waals surface area contributed by atoms with Crippen molar-refractivity contribution in [2.45, 2.75) is 4.90 Å². The third-order valence-corrected chi connectivity index (χ3v) is 5.93. The van der Waals surface area contributed by atoms with Crippen molar-refractivity contribution in [3.8, 4) is 5.75 Å². The van der Waals surface area contributed by atoms with Crippen LogP contribution in [0.15, 0.2) is 52.5 Å². The zero-order valence-electron chi connectivity index (χ0n) is 14.5. The fraction of sp³-hybridized carbons (Fsp3) is 0.176. The van der Waals surface area contributed by atoms with Crippen LogP contribution in [0.4, 0.5) is 0 Å². The van der Waals surface area contributed by atoms with Crippen LogP contribution >= 0.6 is 23.2 Å². The summed E-state index contributed by atoms with van der Waals surface area (Å²) in [5, 5.41) is 4.41. The summed E-state index contributed by atoms with van der Waals surface area (Å²) in [6.07, 6.45) is 1.37. The molecule has 2 rings (SSSR count). The van der Waals surface area contributed by atoms with Crippen molar-refractivity contribution in [1.82, 2.24) is 9.73 Å². The maximum Gasteiger partial charge on any atom is 0.255 e. The Morgan fingerprint density at radius 2 is 1.93 bits per heavy atom. The van der Waals surface area contributed by atoms with Crippen molar-refractivity contribution in [1.29, 1.82) is 0 Å². The molecule has 7 nitrogen and oxygen atoms in total. The molecule has 1 N–H and O–H groups in total. The predicted molar refractivity (Wildman–Crippen MR) is 105 cm³/mol. The average Bonchev–Trinajstić information content (AvgIpc) is 2.63. The van der Waals surface area contributed by atoms with Crippen molar-refractivity contribution in [2.24, 2.45) is 5.10 Å². The van der Waals surface area contributed by atoms with Gasteiger partial charge in [-0.15, -0.1) is 0 Å². The minimum atomic E-state index is -3.91. The molecule has 0 aliphatic heterocycles. The number of nitrogens with zero attached hydrogens (tertiary/aromatic N) is 2. The van der Waals surface area contributed by atoms with Crippen LogP contribution in [0, 0.1) is 0 Å². The van der Waals surface area contributed by atoms with Crippen LogP contribution in [0.2, 0.25) is 10.0 Å². The molecule has 144 valence electrons. The third-order valence-electron chi connectivity index (χ3n) is 3.50. The molecule has 0 aliphatic carbocycles. The van der Waals surface area contributed by atoms with Crippen LogP contribution < -0.4 is 10.2 Å². The highest BCUT2D eigenvalue weighted by Gasteiger charge is 2.23. The second kappa shape index (κ2) is 9.18. The van der Waals surface area contributed by atoms with Crippen molar-refractivity contribution in [3.63, 3.8) is 0 Å². The van der Waals surface area contributed by atoms with Gasteiger partial charge in [0.1, 0.15) is 5.75 Å². The first kappa shape index (κ1) is 21.2. The van der Waals surface area contributed by atoms with E-state index in [0.29, 0.717) is 16.3 Å². The van der Waals surface area contributed by atoms with Crippen LogP contribution in [-0.4, -0.2) is 45.5 Å². The number of carbonyl (C=O) groups is 1. The van der Waals surface area contributed by atoms with E-state index in [4.69, 9.17) is 27.9 Å². The molecule has 0 heterocycles. The standard InChI is InChI=1S/C17H17Cl2N3O4S/c1-22(27(24,25)13-7-8-16(26-2)15(19)9-13)11-17(23)21-20-10-12-5-3-4-6-14(12)18/h3-10H,11H2,1-2H3,(H,21,23)/b20-10+. The number of nitrogens with one attached hydrogen (secondary N) is 1. The maximum absolute atomic E-state index is 12.6. The fourth-order valence-electron chi connectivity index (χ4n) is 2.06. The van der Waals surface area contributed by atoms with Gasteiger partial charge in [-0.1, -0.05) is 41.4 Å². The van der Waals surface area contributed by atoms with Crippen molar-refractivity contribution < 1.29 is 17.9 Å². The number of hydrazone groups is 1.